The maximum atomic E-state index is 5.93. The van der Waals surface area contributed by atoms with Crippen molar-refractivity contribution in [3.8, 4) is 0 Å². The van der Waals surface area contributed by atoms with E-state index < -0.39 is 0 Å². The summed E-state index contributed by atoms with van der Waals surface area (Å²) in [4.78, 5) is 0. The topological polar surface area (TPSA) is 38.0 Å². The Bertz CT molecular complexity index is 212. The van der Waals surface area contributed by atoms with Crippen LogP contribution in [-0.2, 0) is 0 Å². The van der Waals surface area contributed by atoms with Gasteiger partial charge < -0.3 is 11.1 Å². The van der Waals surface area contributed by atoms with Crippen LogP contribution in [0.3, 0.4) is 0 Å². The predicted molar refractivity (Wildman–Crippen MR) is 57.9 cm³/mol. The van der Waals surface area contributed by atoms with Crippen molar-refractivity contribution >= 4 is 0 Å². The molecule has 1 aliphatic carbocycles. The highest BCUT2D eigenvalue weighted by Gasteiger charge is 2.45. The first-order chi connectivity index (χ1) is 6.88. The number of rotatable bonds is 2. The van der Waals surface area contributed by atoms with Crippen LogP contribution in [-0.4, -0.2) is 18.6 Å². The molecule has 0 aromatic rings. The van der Waals surface area contributed by atoms with Crippen LogP contribution in [0.5, 0.6) is 0 Å². The summed E-state index contributed by atoms with van der Waals surface area (Å²) < 4.78 is 0. The molecular formula is C12H22N2. The van der Waals surface area contributed by atoms with Gasteiger partial charge in [-0.1, -0.05) is 19.3 Å². The maximum Gasteiger partial charge on any atom is 0.0104 e. The van der Waals surface area contributed by atoms with Gasteiger partial charge in [0, 0.05) is 12.1 Å². The fraction of sp³-hybridized carbons (Fsp3) is 1.00. The zero-order valence-electron chi connectivity index (χ0n) is 8.91. The molecule has 3 rings (SSSR count). The number of hydrogen-bond donors (Lipinski definition) is 2. The summed E-state index contributed by atoms with van der Waals surface area (Å²) in [5.74, 6) is 2.77. The molecule has 2 heteroatoms. The van der Waals surface area contributed by atoms with E-state index in [2.05, 4.69) is 5.32 Å². The zero-order chi connectivity index (χ0) is 9.54. The molecule has 4 atom stereocenters. The molecule has 3 N–H and O–H groups in total. The number of nitrogens with one attached hydrogen (secondary N) is 1. The Kier molecular flexibility index (Phi) is 2.29. The van der Waals surface area contributed by atoms with Crippen molar-refractivity contribution in [3.05, 3.63) is 0 Å². The quantitative estimate of drug-likeness (QED) is 0.699. The van der Waals surface area contributed by atoms with E-state index in [-0.39, 0.29) is 0 Å². The van der Waals surface area contributed by atoms with Crippen LogP contribution < -0.4 is 11.1 Å². The average molecular weight is 194 g/mol. The second kappa shape index (κ2) is 3.49. The van der Waals surface area contributed by atoms with E-state index in [1.54, 1.807) is 0 Å². The van der Waals surface area contributed by atoms with Gasteiger partial charge in [0.2, 0.25) is 0 Å². The molecule has 2 heterocycles. The summed E-state index contributed by atoms with van der Waals surface area (Å²) in [6.45, 7) is 0.926. The highest BCUT2D eigenvalue weighted by molar-refractivity contribution is 5.01. The summed E-state index contributed by atoms with van der Waals surface area (Å²) in [6, 6.07) is 1.64. The Labute approximate surface area is 86.6 Å². The molecule has 0 amide bonds. The highest BCUT2D eigenvalue weighted by Crippen LogP contribution is 2.46. The molecule has 0 aromatic carbocycles. The molecule has 0 spiro atoms. The summed E-state index contributed by atoms with van der Waals surface area (Å²) in [6.07, 6.45) is 8.60. The number of hydrogen-bond acceptors (Lipinski definition) is 2. The zero-order valence-corrected chi connectivity index (χ0v) is 8.91. The Morgan fingerprint density at radius 1 is 1.14 bits per heavy atom. The highest BCUT2D eigenvalue weighted by atomic mass is 15.0. The van der Waals surface area contributed by atoms with E-state index >= 15 is 0 Å². The molecular weight excluding hydrogens is 172 g/mol. The monoisotopic (exact) mass is 194 g/mol. The van der Waals surface area contributed by atoms with Crippen LogP contribution in [0.4, 0.5) is 0 Å². The number of piperidine rings is 1. The van der Waals surface area contributed by atoms with E-state index in [1.165, 1.54) is 38.5 Å². The van der Waals surface area contributed by atoms with Gasteiger partial charge in [0.1, 0.15) is 0 Å². The Morgan fingerprint density at radius 2 is 2.00 bits per heavy atom. The van der Waals surface area contributed by atoms with E-state index in [1.807, 2.05) is 0 Å². The summed E-state index contributed by atoms with van der Waals surface area (Å²) >= 11 is 0. The van der Waals surface area contributed by atoms with Crippen LogP contribution in [0.1, 0.15) is 38.5 Å². The molecule has 2 aliphatic heterocycles. The predicted octanol–water partition coefficient (Wildman–Crippen LogP) is 1.50. The minimum Gasteiger partial charge on any atom is -0.330 e. The smallest absolute Gasteiger partial charge is 0.0104 e. The fourth-order valence-electron chi connectivity index (χ4n) is 3.98. The van der Waals surface area contributed by atoms with Gasteiger partial charge in [-0.05, 0) is 43.6 Å². The van der Waals surface area contributed by atoms with E-state index in [0.717, 1.165) is 36.4 Å². The lowest BCUT2D eigenvalue weighted by atomic mass is 9.66. The lowest BCUT2D eigenvalue weighted by Gasteiger charge is -2.45. The third-order valence-electron chi connectivity index (χ3n) is 4.87. The molecule has 14 heavy (non-hydrogen) atoms. The third kappa shape index (κ3) is 1.31. The number of nitrogens with two attached hydrogens (primary N) is 1. The summed E-state index contributed by atoms with van der Waals surface area (Å²) in [5.41, 5.74) is 5.93. The normalized spacial score (nSPS) is 47.8. The molecule has 3 fully saturated rings. The largest absolute Gasteiger partial charge is 0.330 e. The summed E-state index contributed by atoms with van der Waals surface area (Å²) in [5, 5.41) is 3.80. The van der Waals surface area contributed by atoms with Gasteiger partial charge in [-0.15, -0.1) is 0 Å². The Morgan fingerprint density at radius 3 is 2.64 bits per heavy atom. The molecule has 2 saturated heterocycles. The van der Waals surface area contributed by atoms with Gasteiger partial charge in [0.15, 0.2) is 0 Å². The van der Waals surface area contributed by atoms with Gasteiger partial charge in [0.25, 0.3) is 0 Å². The third-order valence-corrected chi connectivity index (χ3v) is 4.87. The van der Waals surface area contributed by atoms with Crippen molar-refractivity contribution < 1.29 is 0 Å². The number of fused-ring (bicyclic) bond motifs is 2. The van der Waals surface area contributed by atoms with Gasteiger partial charge in [-0.25, -0.2) is 0 Å². The van der Waals surface area contributed by atoms with Gasteiger partial charge in [-0.3, -0.25) is 0 Å². The van der Waals surface area contributed by atoms with Gasteiger partial charge in [0.05, 0.1) is 0 Å². The van der Waals surface area contributed by atoms with Gasteiger partial charge in [-0.2, -0.15) is 0 Å². The van der Waals surface area contributed by atoms with Crippen molar-refractivity contribution in [1.29, 1.82) is 0 Å². The Hall–Kier alpha value is -0.0800. The van der Waals surface area contributed by atoms with Crippen LogP contribution >= 0.6 is 0 Å². The molecule has 1 saturated carbocycles. The summed E-state index contributed by atoms with van der Waals surface area (Å²) in [7, 11) is 0. The molecule has 2 nitrogen and oxygen atoms in total. The molecule has 3 aliphatic rings. The van der Waals surface area contributed by atoms with Crippen molar-refractivity contribution in [2.45, 2.75) is 50.6 Å². The first-order valence-corrected chi connectivity index (χ1v) is 6.34. The van der Waals surface area contributed by atoms with E-state index in [4.69, 9.17) is 5.73 Å². The maximum absolute atomic E-state index is 5.93. The van der Waals surface area contributed by atoms with E-state index in [0.29, 0.717) is 0 Å². The van der Waals surface area contributed by atoms with Crippen LogP contribution in [0.25, 0.3) is 0 Å². The molecule has 0 radical (unpaired) electrons. The van der Waals surface area contributed by atoms with Crippen LogP contribution in [0.2, 0.25) is 0 Å². The molecule has 0 aromatic heterocycles. The van der Waals surface area contributed by atoms with Crippen molar-refractivity contribution in [1.82, 2.24) is 5.32 Å². The Balaban J connectivity index is 1.76. The van der Waals surface area contributed by atoms with Crippen LogP contribution in [0.15, 0.2) is 0 Å². The van der Waals surface area contributed by atoms with Crippen molar-refractivity contribution in [2.24, 2.45) is 23.5 Å². The standard InChI is InChI=1S/C12H22N2/c13-7-9-6-10-4-5-11(14-10)12(9)8-2-1-3-8/h8-12,14H,1-7,13H2. The minimum absolute atomic E-state index is 0.810. The molecule has 4 unspecified atom stereocenters. The molecule has 2 bridgehead atoms. The van der Waals surface area contributed by atoms with E-state index in [9.17, 15) is 0 Å². The first kappa shape index (κ1) is 9.17. The fourth-order valence-corrected chi connectivity index (χ4v) is 3.98. The lowest BCUT2D eigenvalue weighted by Crippen LogP contribution is -2.51. The second-order valence-corrected chi connectivity index (χ2v) is 5.55. The average Bonchev–Trinajstić information content (AvgIpc) is 2.50. The minimum atomic E-state index is 0.810. The van der Waals surface area contributed by atoms with Crippen LogP contribution in [0, 0.1) is 17.8 Å². The molecule has 80 valence electrons. The second-order valence-electron chi connectivity index (χ2n) is 5.55. The van der Waals surface area contributed by atoms with Gasteiger partial charge >= 0.3 is 0 Å². The van der Waals surface area contributed by atoms with Crippen molar-refractivity contribution in [3.63, 3.8) is 0 Å². The SMILES string of the molecule is NCC1CC2CCC(N2)C1C1CCC1. The first-order valence-electron chi connectivity index (χ1n) is 6.34. The van der Waals surface area contributed by atoms with Crippen molar-refractivity contribution in [2.75, 3.05) is 6.54 Å². The lowest BCUT2D eigenvalue weighted by molar-refractivity contribution is 0.0817.